The maximum absolute atomic E-state index is 13.8. The minimum atomic E-state index is -4.01. The molecule has 2 aromatic carbocycles. The van der Waals surface area contributed by atoms with Crippen molar-refractivity contribution in [2.75, 3.05) is 13.1 Å². The molecule has 1 fully saturated rings. The van der Waals surface area contributed by atoms with Gasteiger partial charge in [-0.25, -0.2) is 22.7 Å². The van der Waals surface area contributed by atoms with Crippen LogP contribution < -0.4 is 31.7 Å². The second kappa shape index (κ2) is 22.8. The number of benzene rings is 2. The molecule has 336 valence electrons. The number of amides is 5. The zero-order valence-electron chi connectivity index (χ0n) is 36.3. The highest BCUT2D eigenvalue weighted by Crippen LogP contribution is 2.21. The SMILES string of the molecule is Cc1ccc(S(=O)(=O)NC(N)=NCCC[C@H](NC(=O)[C@@H](C)NC(=O)[C@@H]2CCCN2C(=O)[C@@H](CC(C)C)NC(=O)OC(C)(C)C)C(=O)N[C@H](C)C(=O)OCc2ccccc2)cc1. The Morgan fingerprint density at radius 1 is 0.869 bits per heavy atom. The minimum absolute atomic E-state index is 0.00825. The summed E-state index contributed by atoms with van der Waals surface area (Å²) in [4.78, 5) is 85.4. The monoisotopic (exact) mass is 870 g/mol. The number of guanidine groups is 1. The zero-order valence-corrected chi connectivity index (χ0v) is 37.1. The lowest BCUT2D eigenvalue weighted by atomic mass is 10.0. The summed E-state index contributed by atoms with van der Waals surface area (Å²) in [6.45, 7) is 13.8. The standard InChI is InChI=1S/C42H62N8O10S/c1-26(2)24-33(48-41(56)60-42(6,7)8)38(54)50-23-13-17-34(50)37(53)45-28(4)35(51)47-32(36(52)46-29(5)39(55)59-25-30-14-10-9-11-15-30)16-12-22-44-40(43)49-61(57,58)31-20-18-27(3)19-21-31/h9-11,14-15,18-21,26,28-29,32-34H,12-13,16-17,22-25H2,1-8H3,(H,45,53)(H,46,52)(H,47,51)(H,48,56)(H3,43,44,49)/t28-,29-,32+,33-,34+/m1/s1. The fraction of sp³-hybridized carbons (Fsp3) is 0.548. The second-order valence-electron chi connectivity index (χ2n) is 16.5. The van der Waals surface area contributed by atoms with Crippen LogP contribution >= 0.6 is 0 Å². The number of nitrogens with one attached hydrogen (secondary N) is 5. The van der Waals surface area contributed by atoms with Crippen LogP contribution in [0.15, 0.2) is 64.5 Å². The van der Waals surface area contributed by atoms with Gasteiger partial charge in [-0.1, -0.05) is 61.9 Å². The van der Waals surface area contributed by atoms with Crippen LogP contribution in [0.1, 0.15) is 91.7 Å². The lowest BCUT2D eigenvalue weighted by Crippen LogP contribution is -2.58. The third kappa shape index (κ3) is 16.7. The predicted molar refractivity (Wildman–Crippen MR) is 228 cm³/mol. The first-order chi connectivity index (χ1) is 28.6. The molecule has 0 radical (unpaired) electrons. The first kappa shape index (κ1) is 49.6. The quantitative estimate of drug-likeness (QED) is 0.0518. The van der Waals surface area contributed by atoms with Crippen LogP contribution in [0.2, 0.25) is 0 Å². The number of alkyl carbamates (subject to hydrolysis) is 1. The van der Waals surface area contributed by atoms with E-state index in [1.54, 1.807) is 57.2 Å². The molecule has 61 heavy (non-hydrogen) atoms. The topological polar surface area (TPSA) is 257 Å². The van der Waals surface area contributed by atoms with E-state index in [2.05, 4.69) is 31.0 Å². The number of aliphatic imine (C=N–C) groups is 1. The molecule has 2 aromatic rings. The maximum atomic E-state index is 13.8. The number of rotatable bonds is 19. The fourth-order valence-electron chi connectivity index (χ4n) is 6.25. The normalized spacial score (nSPS) is 16.4. The summed E-state index contributed by atoms with van der Waals surface area (Å²) in [7, 11) is -4.01. The first-order valence-electron chi connectivity index (χ1n) is 20.4. The second-order valence-corrected chi connectivity index (χ2v) is 18.1. The Bertz CT molecular complexity index is 1970. The van der Waals surface area contributed by atoms with Crippen molar-refractivity contribution in [3.05, 3.63) is 65.7 Å². The van der Waals surface area contributed by atoms with Gasteiger partial charge in [0.05, 0.1) is 4.90 Å². The third-order valence-corrected chi connectivity index (χ3v) is 10.7. The van der Waals surface area contributed by atoms with Crippen LogP contribution in [0.4, 0.5) is 4.79 Å². The van der Waals surface area contributed by atoms with Crippen LogP contribution in [0.25, 0.3) is 0 Å². The number of sulfonamides is 1. The largest absolute Gasteiger partial charge is 0.459 e. The number of hydrogen-bond donors (Lipinski definition) is 6. The molecule has 1 aliphatic heterocycles. The molecule has 7 N–H and O–H groups in total. The highest BCUT2D eigenvalue weighted by molar-refractivity contribution is 7.90. The Balaban J connectivity index is 1.69. The number of aryl methyl sites for hydroxylation is 1. The lowest BCUT2D eigenvalue weighted by Gasteiger charge is -2.30. The molecule has 0 bridgehead atoms. The van der Waals surface area contributed by atoms with E-state index < -0.39 is 81.5 Å². The van der Waals surface area contributed by atoms with E-state index in [4.69, 9.17) is 15.2 Å². The maximum Gasteiger partial charge on any atom is 0.408 e. The van der Waals surface area contributed by atoms with Gasteiger partial charge in [-0.05, 0) is 97.3 Å². The van der Waals surface area contributed by atoms with Crippen molar-refractivity contribution in [3.63, 3.8) is 0 Å². The molecule has 0 spiro atoms. The van der Waals surface area contributed by atoms with Crippen molar-refractivity contribution in [2.24, 2.45) is 16.6 Å². The van der Waals surface area contributed by atoms with Crippen LogP contribution in [0.3, 0.4) is 0 Å². The Morgan fingerprint density at radius 3 is 2.15 bits per heavy atom. The van der Waals surface area contributed by atoms with Gasteiger partial charge in [-0.15, -0.1) is 0 Å². The summed E-state index contributed by atoms with van der Waals surface area (Å²) in [6.07, 6.45) is 0.480. The first-order valence-corrected chi connectivity index (χ1v) is 21.9. The molecule has 0 aliphatic carbocycles. The Hall–Kier alpha value is -5.72. The summed E-state index contributed by atoms with van der Waals surface area (Å²) in [5.41, 5.74) is 6.70. The Kier molecular flexibility index (Phi) is 18.5. The Morgan fingerprint density at radius 2 is 1.52 bits per heavy atom. The number of ether oxygens (including phenoxy) is 2. The van der Waals surface area contributed by atoms with E-state index in [0.717, 1.165) is 11.1 Å². The number of nitrogens with zero attached hydrogens (tertiary/aromatic N) is 2. The van der Waals surface area contributed by atoms with Gasteiger partial charge >= 0.3 is 12.1 Å². The van der Waals surface area contributed by atoms with Crippen molar-refractivity contribution in [1.29, 1.82) is 0 Å². The molecule has 0 aromatic heterocycles. The number of likely N-dealkylation sites (tertiary alicyclic amines) is 1. The summed E-state index contributed by atoms with van der Waals surface area (Å²) in [6, 6.07) is 9.70. The van der Waals surface area contributed by atoms with Gasteiger partial charge in [0, 0.05) is 13.1 Å². The van der Waals surface area contributed by atoms with Crippen molar-refractivity contribution in [3.8, 4) is 0 Å². The highest BCUT2D eigenvalue weighted by Gasteiger charge is 2.39. The van der Waals surface area contributed by atoms with E-state index in [0.29, 0.717) is 19.3 Å². The van der Waals surface area contributed by atoms with Gasteiger partial charge in [0.25, 0.3) is 10.0 Å². The van der Waals surface area contributed by atoms with E-state index in [1.807, 2.05) is 26.8 Å². The number of hydrogen-bond acceptors (Lipinski definition) is 11. The van der Waals surface area contributed by atoms with Crippen LogP contribution in [0.5, 0.6) is 0 Å². The summed E-state index contributed by atoms with van der Waals surface area (Å²) in [5.74, 6) is -3.58. The summed E-state index contributed by atoms with van der Waals surface area (Å²) >= 11 is 0. The van der Waals surface area contributed by atoms with Gasteiger partial charge in [0.15, 0.2) is 0 Å². The van der Waals surface area contributed by atoms with Crippen LogP contribution in [0, 0.1) is 12.8 Å². The lowest BCUT2D eigenvalue weighted by molar-refractivity contribution is -0.148. The third-order valence-electron chi connectivity index (χ3n) is 9.36. The van der Waals surface area contributed by atoms with Gasteiger partial charge in [-0.2, -0.15) is 0 Å². The molecule has 5 atom stereocenters. The molecular formula is C42H62N8O10S. The van der Waals surface area contributed by atoms with E-state index in [-0.39, 0.29) is 49.3 Å². The zero-order chi connectivity index (χ0) is 45.5. The fourth-order valence-corrected chi connectivity index (χ4v) is 7.21. The van der Waals surface area contributed by atoms with Gasteiger partial charge in [-0.3, -0.25) is 24.2 Å². The van der Waals surface area contributed by atoms with Crippen molar-refractivity contribution in [2.45, 2.75) is 135 Å². The smallest absolute Gasteiger partial charge is 0.408 e. The van der Waals surface area contributed by atoms with Crippen molar-refractivity contribution in [1.82, 2.24) is 30.9 Å². The number of carbonyl (C=O) groups excluding carboxylic acids is 6. The van der Waals surface area contributed by atoms with Gasteiger partial charge in [0.2, 0.25) is 29.6 Å². The molecule has 0 unspecified atom stereocenters. The summed E-state index contributed by atoms with van der Waals surface area (Å²) in [5, 5.41) is 10.5. The van der Waals surface area contributed by atoms with E-state index >= 15 is 0 Å². The van der Waals surface area contributed by atoms with Gasteiger partial charge < -0.3 is 41.4 Å². The van der Waals surface area contributed by atoms with E-state index in [9.17, 15) is 37.2 Å². The molecule has 5 amide bonds. The molecule has 18 nitrogen and oxygen atoms in total. The molecular weight excluding hydrogens is 809 g/mol. The van der Waals surface area contributed by atoms with Crippen molar-refractivity contribution < 1.29 is 46.7 Å². The molecule has 0 saturated carbocycles. The van der Waals surface area contributed by atoms with Gasteiger partial charge in [0.1, 0.15) is 42.4 Å². The molecule has 1 aliphatic rings. The van der Waals surface area contributed by atoms with Crippen LogP contribution in [-0.2, 0) is 50.1 Å². The highest BCUT2D eigenvalue weighted by atomic mass is 32.2. The average Bonchev–Trinajstić information content (AvgIpc) is 3.67. The van der Waals surface area contributed by atoms with Crippen molar-refractivity contribution >= 4 is 51.7 Å². The number of carbonyl (C=O) groups is 6. The Labute approximate surface area is 358 Å². The summed E-state index contributed by atoms with van der Waals surface area (Å²) < 4.78 is 38.4. The molecule has 1 heterocycles. The molecule has 19 heteroatoms. The van der Waals surface area contributed by atoms with E-state index in [1.165, 1.54) is 30.9 Å². The molecule has 1 saturated heterocycles. The predicted octanol–water partition coefficient (Wildman–Crippen LogP) is 2.54. The van der Waals surface area contributed by atoms with Crippen LogP contribution in [-0.4, -0.2) is 104 Å². The minimum Gasteiger partial charge on any atom is -0.459 e. The molecule has 3 rings (SSSR count). The number of esters is 1. The number of nitrogens with two attached hydrogens (primary N) is 1. The average molecular weight is 871 g/mol.